The van der Waals surface area contributed by atoms with Crippen LogP contribution in [-0.4, -0.2) is 121 Å². The molecule has 0 atom stereocenters. The maximum Gasteiger partial charge on any atom is 0.233 e. The SMILES string of the molecule is CC=CC.CC=CNC.CC=CNC.CC=COC.COC.O=C1C=C(CCCCCCCCc2ccc(-c3c4nc(c(-c5ccc(CCCCCCCOC6=CC(=O)C(=O)c7ccccc76)cc5)c5ccc([nH]5)c(-c5ccc(CCCCCCCOC6=CC(=O)C(=O)c7ccccc76)cc5)c5nc(c(-c6ccc(CCCCCCCOC7=CC(=O)C(=O)c8ccccc87)cc6)c6ccc3[nH]6)C=C5)C=C4)cc2)c2ccccc2C1=O. The number of hydrogen-bond donors (Lipinski definition) is 4. The number of unbranched alkanes of at least 4 members (excludes halogenated alkanes) is 17. The van der Waals surface area contributed by atoms with Gasteiger partial charge in [0.05, 0.1) is 56.0 Å². The highest BCUT2D eigenvalue weighted by Crippen LogP contribution is 2.42. The molecule has 17 rings (SSSR count). The van der Waals surface area contributed by atoms with Gasteiger partial charge in [0.15, 0.2) is 0 Å². The second-order valence-electron chi connectivity index (χ2n) is 37.5. The Morgan fingerprint density at radius 1 is 0.267 bits per heavy atom. The van der Waals surface area contributed by atoms with Crippen LogP contribution in [0.15, 0.2) is 292 Å². The van der Waals surface area contributed by atoms with E-state index in [1.54, 1.807) is 76.1 Å². The Hall–Kier alpha value is -15.6. The summed E-state index contributed by atoms with van der Waals surface area (Å²) in [5.74, 6) is -2.59. The largest absolute Gasteiger partial charge is 0.505 e. The van der Waals surface area contributed by atoms with Crippen molar-refractivity contribution in [3.8, 4) is 44.5 Å². The van der Waals surface area contributed by atoms with Crippen molar-refractivity contribution in [2.45, 2.75) is 202 Å². The summed E-state index contributed by atoms with van der Waals surface area (Å²) < 4.78 is 27.0. The molecule has 4 N–H and O–H groups in total. The number of ketones is 8. The molecule has 4 aliphatic carbocycles. The molecule has 0 unspecified atom stereocenters. The van der Waals surface area contributed by atoms with Crippen LogP contribution in [0.3, 0.4) is 0 Å². The van der Waals surface area contributed by atoms with Crippen LogP contribution in [0.4, 0.5) is 0 Å². The Labute approximate surface area is 885 Å². The summed E-state index contributed by atoms with van der Waals surface area (Å²) in [6, 6.07) is 73.6. The van der Waals surface area contributed by atoms with Gasteiger partial charge in [-0.05, 0) is 241 Å². The molecule has 0 spiro atoms. The summed E-state index contributed by atoms with van der Waals surface area (Å²) >= 11 is 0. The first kappa shape index (κ1) is 113. The number of aromatic nitrogens is 4. The molecule has 19 nitrogen and oxygen atoms in total. The van der Waals surface area contributed by atoms with E-state index in [1.165, 1.54) is 40.5 Å². The van der Waals surface area contributed by atoms with Crippen LogP contribution >= 0.6 is 0 Å². The number of carbonyl (C=O) groups is 8. The van der Waals surface area contributed by atoms with Crippen LogP contribution in [0.5, 0.6) is 0 Å². The van der Waals surface area contributed by atoms with Crippen LogP contribution in [0, 0.1) is 0 Å². The van der Waals surface area contributed by atoms with Gasteiger partial charge in [0, 0.05) is 130 Å². The van der Waals surface area contributed by atoms with Crippen LogP contribution in [0.25, 0.3) is 114 Å². The number of hydrogen-bond acceptors (Lipinski definition) is 17. The molecule has 0 radical (unpaired) electrons. The molecule has 6 aliphatic rings. The van der Waals surface area contributed by atoms with Gasteiger partial charge in [-0.25, -0.2) is 9.97 Å². The predicted molar refractivity (Wildman–Crippen MR) is 613 cm³/mol. The number of aryl methyl sites for hydroxylation is 4. The van der Waals surface area contributed by atoms with E-state index in [-0.39, 0.29) is 0 Å². The number of rotatable bonds is 43. The smallest absolute Gasteiger partial charge is 0.233 e. The molecule has 0 saturated heterocycles. The van der Waals surface area contributed by atoms with E-state index in [4.69, 9.17) is 24.2 Å². The van der Waals surface area contributed by atoms with Crippen molar-refractivity contribution in [3.05, 3.63) is 381 Å². The number of fused-ring (bicyclic) bond motifs is 12. The summed E-state index contributed by atoms with van der Waals surface area (Å²) in [4.78, 5) is 120. The van der Waals surface area contributed by atoms with Gasteiger partial charge < -0.3 is 44.3 Å². The number of nitrogens with one attached hydrogen (secondary N) is 4. The van der Waals surface area contributed by atoms with Gasteiger partial charge in [0.2, 0.25) is 46.3 Å². The van der Waals surface area contributed by atoms with E-state index < -0.39 is 46.3 Å². The normalized spacial score (nSPS) is 13.1. The minimum atomic E-state index is -0.549. The fourth-order valence-corrected chi connectivity index (χ4v) is 18.9. The molecule has 776 valence electrons. The minimum Gasteiger partial charge on any atom is -0.505 e. The first-order chi connectivity index (χ1) is 73.4. The number of aromatic amines is 2. The molecule has 19 heteroatoms. The molecule has 0 fully saturated rings. The second kappa shape index (κ2) is 60.6. The molecule has 8 bridgehead atoms. The lowest BCUT2D eigenvalue weighted by molar-refractivity contribution is -0.111. The number of carbonyl (C=O) groups excluding carboxylic acids is 8. The third-order valence-electron chi connectivity index (χ3n) is 26.6. The molecular weight excluding hydrogens is 1870 g/mol. The number of benzene rings is 8. The Balaban J connectivity index is 0.000000825. The monoisotopic (exact) mass is 2010 g/mol. The lowest BCUT2D eigenvalue weighted by Crippen LogP contribution is -2.19. The average molecular weight is 2010 g/mol. The quantitative estimate of drug-likeness (QED) is 0.0120. The number of allylic oxidation sites excluding steroid dienone is 10. The molecule has 11 aromatic rings. The van der Waals surface area contributed by atoms with Gasteiger partial charge in [0.25, 0.3) is 0 Å². The second-order valence-corrected chi connectivity index (χ2v) is 37.5. The molecule has 0 saturated carbocycles. The summed E-state index contributed by atoms with van der Waals surface area (Å²) in [5, 5.41) is 5.67. The Kier molecular flexibility index (Phi) is 45.7. The third kappa shape index (κ3) is 32.0. The van der Waals surface area contributed by atoms with Crippen molar-refractivity contribution in [3.63, 3.8) is 0 Å². The van der Waals surface area contributed by atoms with Crippen molar-refractivity contribution in [1.82, 2.24) is 30.6 Å². The highest BCUT2D eigenvalue weighted by molar-refractivity contribution is 6.52. The van der Waals surface area contributed by atoms with Crippen molar-refractivity contribution < 1.29 is 62.0 Å². The zero-order chi connectivity index (χ0) is 106. The summed E-state index contributed by atoms with van der Waals surface area (Å²) in [6.45, 7) is 11.2. The van der Waals surface area contributed by atoms with Gasteiger partial charge >= 0.3 is 0 Å². The average Bonchev–Trinajstić information content (AvgIpc) is 1.60. The topological polar surface area (TPSA) is 264 Å². The molecule has 8 aromatic carbocycles. The van der Waals surface area contributed by atoms with E-state index in [2.05, 4.69) is 176 Å². The van der Waals surface area contributed by atoms with Crippen molar-refractivity contribution >= 4 is 115 Å². The molecular formula is C131H144N6O13. The first-order valence-corrected chi connectivity index (χ1v) is 53.1. The number of H-pyrrole nitrogens is 2. The third-order valence-corrected chi connectivity index (χ3v) is 26.6. The fraction of sp³-hybridized carbons (Fsp3) is 0.298. The molecule has 2 aliphatic heterocycles. The Bertz CT molecular complexity index is 6170. The Morgan fingerprint density at radius 3 is 0.747 bits per heavy atom. The molecule has 150 heavy (non-hydrogen) atoms. The molecule has 3 aromatic heterocycles. The van der Waals surface area contributed by atoms with Crippen molar-refractivity contribution in [2.75, 3.05) is 55.2 Å². The van der Waals surface area contributed by atoms with Crippen LogP contribution in [-0.2, 0) is 68.5 Å². The van der Waals surface area contributed by atoms with Crippen LogP contribution in [0.1, 0.15) is 285 Å². The summed E-state index contributed by atoms with van der Waals surface area (Å²) in [6.07, 6.45) is 55.0. The molecule has 5 heterocycles. The number of nitrogens with zero attached hydrogens (tertiary/aromatic N) is 2. The van der Waals surface area contributed by atoms with E-state index in [0.717, 1.165) is 267 Å². The number of methoxy groups -OCH3 is 2. The zero-order valence-corrected chi connectivity index (χ0v) is 88.7. The van der Waals surface area contributed by atoms with Gasteiger partial charge in [-0.1, -0.05) is 308 Å². The lowest BCUT2D eigenvalue weighted by atomic mass is 9.86. The van der Waals surface area contributed by atoms with E-state index in [0.29, 0.717) is 76.0 Å². The molecule has 0 amide bonds. The fourth-order valence-electron chi connectivity index (χ4n) is 18.9. The number of ether oxygens (including phenoxy) is 5. The van der Waals surface area contributed by atoms with E-state index in [1.807, 2.05) is 146 Å². The van der Waals surface area contributed by atoms with Crippen LogP contribution in [0.2, 0.25) is 0 Å². The highest BCUT2D eigenvalue weighted by atomic mass is 16.5. The van der Waals surface area contributed by atoms with Gasteiger partial charge in [-0.15, -0.1) is 0 Å². The summed E-state index contributed by atoms with van der Waals surface area (Å²) in [5.41, 5.74) is 25.5. The maximum atomic E-state index is 12.6. The van der Waals surface area contributed by atoms with Crippen molar-refractivity contribution in [1.29, 1.82) is 0 Å². The predicted octanol–water partition coefficient (Wildman–Crippen LogP) is 29.9. The Morgan fingerprint density at radius 2 is 0.507 bits per heavy atom. The van der Waals surface area contributed by atoms with Crippen molar-refractivity contribution in [2.24, 2.45) is 0 Å². The van der Waals surface area contributed by atoms with Gasteiger partial charge in [-0.2, -0.15) is 0 Å². The number of Topliss-reactive ketones (excluding diaryl/α,β-unsaturated/α-hetero) is 4. The maximum absolute atomic E-state index is 12.6. The van der Waals surface area contributed by atoms with Crippen LogP contribution < -0.4 is 10.6 Å². The first-order valence-electron chi connectivity index (χ1n) is 53.1. The summed E-state index contributed by atoms with van der Waals surface area (Å²) in [7, 11) is 8.62. The standard InChI is InChI=1S/C113H104N4O11.2C4H9N.C4H8O.C4H8.C2H6O/c118-99-70-82(83-35-19-23-39-87(83)110(99)122)34-18-10-2-1-6-14-30-74-43-51-78(52-44-74)106-91-59-61-93(114-91)107(79-53-45-75(46-54-79)31-15-7-3-11-27-67-126-103-71-100(119)111(123)88-40-24-20-36-84(88)103)95-63-65-97(116-95)109(81-57-49-77(50-58-81)33-17-9-5-13-29-69-128-105-73-102(121)113(125)90-42-26-22-38-86(90)105)98-66-64-96(117-98)108(94-62-60-92(106)115-94)80-55-47-76(48-56-80)32-16-8-4-12-28-68-127-104-72-101(120)112(124)89-41-25-21-37-85(89)104;3*1-3-4-5-2;1-3-4-2;1-3-2/h19-26,35-66,70-73,114,117H,1-18,27-34,67-69H2;2*3-5H,1-2H3;3-4H,1-2H3;3-4H,1-2H3;1-2H3. The zero-order valence-electron chi connectivity index (χ0n) is 88.7. The highest BCUT2D eigenvalue weighted by Gasteiger charge is 2.31. The van der Waals surface area contributed by atoms with E-state index >= 15 is 0 Å². The van der Waals surface area contributed by atoms with Gasteiger partial charge in [0.1, 0.15) is 17.3 Å². The lowest BCUT2D eigenvalue weighted by Gasteiger charge is -2.16. The van der Waals surface area contributed by atoms with Gasteiger partial charge in [-0.3, -0.25) is 38.4 Å². The minimum absolute atomic E-state index is 0.392. The van der Waals surface area contributed by atoms with E-state index in [9.17, 15) is 38.4 Å².